The monoisotopic (exact) mass is 288 g/mol. The van der Waals surface area contributed by atoms with Crippen molar-refractivity contribution in [3.05, 3.63) is 23.8 Å². The molecule has 0 radical (unpaired) electrons. The van der Waals surface area contributed by atoms with Gasteiger partial charge in [0.15, 0.2) is 0 Å². The Balaban J connectivity index is 1.49. The molecule has 0 spiro atoms. The van der Waals surface area contributed by atoms with Crippen LogP contribution in [0.5, 0.6) is 5.75 Å². The number of ether oxygens (including phenoxy) is 1. The van der Waals surface area contributed by atoms with E-state index in [-0.39, 0.29) is 0 Å². The van der Waals surface area contributed by atoms with Crippen LogP contribution in [0.15, 0.2) is 18.2 Å². The van der Waals surface area contributed by atoms with Crippen molar-refractivity contribution in [2.75, 3.05) is 38.1 Å². The molecule has 0 aromatic heterocycles. The number of piperidine rings is 1. The summed E-state index contributed by atoms with van der Waals surface area (Å²) >= 11 is 0. The molecule has 0 aliphatic carbocycles. The molecule has 3 rings (SSSR count). The van der Waals surface area contributed by atoms with Crippen molar-refractivity contribution in [2.45, 2.75) is 33.1 Å². The molecule has 2 atom stereocenters. The number of fused-ring (bicyclic) bond motifs is 1. The van der Waals surface area contributed by atoms with E-state index >= 15 is 0 Å². The normalized spacial score (nSPS) is 25.8. The number of nitrogens with one attached hydrogen (secondary N) is 1. The highest BCUT2D eigenvalue weighted by Crippen LogP contribution is 2.28. The van der Waals surface area contributed by atoms with Crippen molar-refractivity contribution < 1.29 is 4.74 Å². The third-order valence-corrected chi connectivity index (χ3v) is 4.60. The Bertz CT molecular complexity index is 464. The fourth-order valence-corrected chi connectivity index (χ4v) is 3.82. The summed E-state index contributed by atoms with van der Waals surface area (Å²) in [5.74, 6) is 2.72. The highest BCUT2D eigenvalue weighted by molar-refractivity contribution is 5.59. The average molecular weight is 288 g/mol. The van der Waals surface area contributed by atoms with Crippen LogP contribution in [-0.4, -0.2) is 37.7 Å². The zero-order valence-corrected chi connectivity index (χ0v) is 13.4. The predicted molar refractivity (Wildman–Crippen MR) is 88.1 cm³/mol. The summed E-state index contributed by atoms with van der Waals surface area (Å²) in [5.41, 5.74) is 2.59. The molecule has 1 fully saturated rings. The van der Waals surface area contributed by atoms with Crippen LogP contribution in [-0.2, 0) is 6.42 Å². The van der Waals surface area contributed by atoms with Crippen LogP contribution in [0.1, 0.15) is 32.3 Å². The van der Waals surface area contributed by atoms with E-state index < -0.39 is 0 Å². The molecular weight excluding hydrogens is 260 g/mol. The zero-order chi connectivity index (χ0) is 14.7. The lowest BCUT2D eigenvalue weighted by Gasteiger charge is -2.35. The first-order chi connectivity index (χ1) is 10.2. The highest BCUT2D eigenvalue weighted by Gasteiger charge is 2.21. The van der Waals surface area contributed by atoms with E-state index in [0.29, 0.717) is 0 Å². The van der Waals surface area contributed by atoms with E-state index in [2.05, 4.69) is 42.3 Å². The van der Waals surface area contributed by atoms with Crippen LogP contribution in [0.3, 0.4) is 0 Å². The van der Waals surface area contributed by atoms with E-state index in [1.807, 2.05) is 0 Å². The summed E-state index contributed by atoms with van der Waals surface area (Å²) in [7, 11) is 0. The lowest BCUT2D eigenvalue weighted by atomic mass is 9.92. The Morgan fingerprint density at radius 1 is 1.24 bits per heavy atom. The SMILES string of the molecule is CC1CC(C)CN(CCCc2ccc3c(c2)NCCO3)C1. The molecular formula is C18H28N2O. The summed E-state index contributed by atoms with van der Waals surface area (Å²) in [6.45, 7) is 10.3. The molecule has 0 amide bonds. The van der Waals surface area contributed by atoms with Crippen molar-refractivity contribution in [3.63, 3.8) is 0 Å². The molecule has 3 nitrogen and oxygen atoms in total. The lowest BCUT2D eigenvalue weighted by molar-refractivity contribution is 0.140. The fraction of sp³-hybridized carbons (Fsp3) is 0.667. The molecule has 2 aliphatic rings. The number of likely N-dealkylation sites (tertiary alicyclic amines) is 1. The van der Waals surface area contributed by atoms with Gasteiger partial charge in [0.25, 0.3) is 0 Å². The van der Waals surface area contributed by atoms with Gasteiger partial charge in [-0.1, -0.05) is 19.9 Å². The maximum atomic E-state index is 5.63. The molecule has 2 heterocycles. The van der Waals surface area contributed by atoms with Gasteiger partial charge in [-0.25, -0.2) is 0 Å². The lowest BCUT2D eigenvalue weighted by Crippen LogP contribution is -2.39. The number of aryl methyl sites for hydroxylation is 1. The Morgan fingerprint density at radius 2 is 2.05 bits per heavy atom. The minimum atomic E-state index is 0.775. The Kier molecular flexibility index (Phi) is 4.69. The smallest absolute Gasteiger partial charge is 0.142 e. The first-order valence-electron chi connectivity index (χ1n) is 8.42. The van der Waals surface area contributed by atoms with Crippen LogP contribution in [0, 0.1) is 11.8 Å². The maximum Gasteiger partial charge on any atom is 0.142 e. The topological polar surface area (TPSA) is 24.5 Å². The van der Waals surface area contributed by atoms with E-state index in [1.54, 1.807) is 0 Å². The van der Waals surface area contributed by atoms with Gasteiger partial charge in [-0.3, -0.25) is 0 Å². The van der Waals surface area contributed by atoms with Crippen LogP contribution in [0.25, 0.3) is 0 Å². The van der Waals surface area contributed by atoms with Crippen molar-refractivity contribution in [2.24, 2.45) is 11.8 Å². The van der Waals surface area contributed by atoms with Crippen LogP contribution < -0.4 is 10.1 Å². The van der Waals surface area contributed by atoms with Crippen molar-refractivity contribution >= 4 is 5.69 Å². The summed E-state index contributed by atoms with van der Waals surface area (Å²) in [5, 5.41) is 3.42. The number of hydrogen-bond acceptors (Lipinski definition) is 3. The van der Waals surface area contributed by atoms with Crippen LogP contribution >= 0.6 is 0 Å². The number of rotatable bonds is 4. The van der Waals surface area contributed by atoms with Gasteiger partial charge < -0.3 is 15.0 Å². The van der Waals surface area contributed by atoms with Gasteiger partial charge in [-0.05, 0) is 55.3 Å². The standard InChI is InChI=1S/C18H28N2O/c1-14-10-15(2)13-20(12-14)8-3-4-16-5-6-18-17(11-16)19-7-9-21-18/h5-6,11,14-15,19H,3-4,7-10,12-13H2,1-2H3. The van der Waals surface area contributed by atoms with Crippen molar-refractivity contribution in [1.29, 1.82) is 0 Å². The molecule has 1 saturated heterocycles. The molecule has 3 heteroatoms. The molecule has 2 unspecified atom stereocenters. The number of anilines is 1. The third-order valence-electron chi connectivity index (χ3n) is 4.60. The minimum Gasteiger partial charge on any atom is -0.490 e. The van der Waals surface area contributed by atoms with E-state index in [1.165, 1.54) is 43.7 Å². The molecule has 0 bridgehead atoms. The van der Waals surface area contributed by atoms with Gasteiger partial charge >= 0.3 is 0 Å². The van der Waals surface area contributed by atoms with Gasteiger partial charge in [0, 0.05) is 19.6 Å². The van der Waals surface area contributed by atoms with Crippen molar-refractivity contribution in [3.8, 4) is 5.75 Å². The second-order valence-electron chi connectivity index (χ2n) is 6.91. The molecule has 1 aromatic carbocycles. The van der Waals surface area contributed by atoms with Gasteiger partial charge in [0.2, 0.25) is 0 Å². The predicted octanol–water partition coefficient (Wildman–Crippen LogP) is 3.40. The molecule has 0 saturated carbocycles. The Labute approximate surface area is 128 Å². The molecule has 116 valence electrons. The summed E-state index contributed by atoms with van der Waals surface area (Å²) in [4.78, 5) is 2.65. The van der Waals surface area contributed by atoms with Crippen LogP contribution in [0.2, 0.25) is 0 Å². The summed E-state index contributed by atoms with van der Waals surface area (Å²) < 4.78 is 5.63. The minimum absolute atomic E-state index is 0.775. The summed E-state index contributed by atoms with van der Waals surface area (Å²) in [6.07, 6.45) is 3.81. The number of nitrogens with zero attached hydrogens (tertiary/aromatic N) is 1. The fourth-order valence-electron chi connectivity index (χ4n) is 3.82. The average Bonchev–Trinajstić information content (AvgIpc) is 2.46. The Hall–Kier alpha value is -1.22. The number of hydrogen-bond donors (Lipinski definition) is 1. The molecule has 2 aliphatic heterocycles. The van der Waals surface area contributed by atoms with Gasteiger partial charge in [-0.15, -0.1) is 0 Å². The zero-order valence-electron chi connectivity index (χ0n) is 13.4. The van der Waals surface area contributed by atoms with Gasteiger partial charge in [-0.2, -0.15) is 0 Å². The molecule has 1 aromatic rings. The largest absolute Gasteiger partial charge is 0.490 e. The van der Waals surface area contributed by atoms with E-state index in [0.717, 1.165) is 37.2 Å². The second kappa shape index (κ2) is 6.69. The second-order valence-corrected chi connectivity index (χ2v) is 6.91. The highest BCUT2D eigenvalue weighted by atomic mass is 16.5. The molecule has 21 heavy (non-hydrogen) atoms. The molecule has 1 N–H and O–H groups in total. The van der Waals surface area contributed by atoms with Gasteiger partial charge in [0.1, 0.15) is 12.4 Å². The van der Waals surface area contributed by atoms with E-state index in [9.17, 15) is 0 Å². The number of benzene rings is 1. The van der Waals surface area contributed by atoms with Crippen LogP contribution in [0.4, 0.5) is 5.69 Å². The van der Waals surface area contributed by atoms with Crippen molar-refractivity contribution in [1.82, 2.24) is 4.90 Å². The first kappa shape index (κ1) is 14.7. The Morgan fingerprint density at radius 3 is 2.86 bits per heavy atom. The first-order valence-corrected chi connectivity index (χ1v) is 8.42. The van der Waals surface area contributed by atoms with E-state index in [4.69, 9.17) is 4.74 Å². The third kappa shape index (κ3) is 3.91. The maximum absolute atomic E-state index is 5.63. The van der Waals surface area contributed by atoms with Gasteiger partial charge in [0.05, 0.1) is 5.69 Å². The summed E-state index contributed by atoms with van der Waals surface area (Å²) in [6, 6.07) is 6.59. The quantitative estimate of drug-likeness (QED) is 0.919.